The van der Waals surface area contributed by atoms with Crippen LogP contribution in [0.3, 0.4) is 0 Å². The molecule has 1 heterocycles. The molecule has 0 aliphatic heterocycles. The Morgan fingerprint density at radius 2 is 1.82 bits per heavy atom. The van der Waals surface area contributed by atoms with Crippen LogP contribution < -0.4 is 10.6 Å². The number of rotatable bonds is 7. The third kappa shape index (κ3) is 5.52. The normalized spacial score (nSPS) is 10.4. The molecule has 0 fully saturated rings. The molecular weight excluding hydrogens is 464 g/mol. The fourth-order valence-electron chi connectivity index (χ4n) is 3.19. The first kappa shape index (κ1) is 23.2. The SMILES string of the molecule is CNC(=O)c1ccccc1Sc1ccc(C(=O)NCc2cnc(-c3cccc(C#N)c3)s2)cc1. The van der Waals surface area contributed by atoms with Gasteiger partial charge < -0.3 is 10.6 Å². The average Bonchev–Trinajstić information content (AvgIpc) is 3.37. The van der Waals surface area contributed by atoms with Crippen LogP contribution in [0, 0.1) is 11.3 Å². The van der Waals surface area contributed by atoms with Crippen molar-refractivity contribution in [3.05, 3.63) is 101 Å². The molecule has 4 aromatic rings. The topological polar surface area (TPSA) is 94.9 Å². The minimum atomic E-state index is -0.177. The van der Waals surface area contributed by atoms with Crippen LogP contribution in [0.5, 0.6) is 0 Å². The lowest BCUT2D eigenvalue weighted by atomic mass is 10.1. The maximum Gasteiger partial charge on any atom is 0.252 e. The van der Waals surface area contributed by atoms with Gasteiger partial charge in [-0.1, -0.05) is 36.0 Å². The summed E-state index contributed by atoms with van der Waals surface area (Å²) in [7, 11) is 1.61. The molecule has 2 amide bonds. The zero-order valence-electron chi connectivity index (χ0n) is 18.2. The number of hydrogen-bond acceptors (Lipinski definition) is 6. The number of nitrogens with zero attached hydrogens (tertiary/aromatic N) is 2. The monoisotopic (exact) mass is 484 g/mol. The second-order valence-corrected chi connectivity index (χ2v) is 9.44. The summed E-state index contributed by atoms with van der Waals surface area (Å²) in [5, 5.41) is 15.5. The van der Waals surface area contributed by atoms with Gasteiger partial charge in [-0.3, -0.25) is 9.59 Å². The zero-order valence-corrected chi connectivity index (χ0v) is 19.9. The predicted octanol–water partition coefficient (Wildman–Crippen LogP) is 5.12. The number of aromatic nitrogens is 1. The molecule has 0 radical (unpaired) electrons. The number of carbonyl (C=O) groups is 2. The van der Waals surface area contributed by atoms with Crippen molar-refractivity contribution in [3.8, 4) is 16.6 Å². The van der Waals surface area contributed by atoms with Gasteiger partial charge in [0.2, 0.25) is 0 Å². The molecule has 6 nitrogen and oxygen atoms in total. The molecule has 0 spiro atoms. The highest BCUT2D eigenvalue weighted by atomic mass is 32.2. The Balaban J connectivity index is 1.37. The fraction of sp³-hybridized carbons (Fsp3) is 0.0769. The van der Waals surface area contributed by atoms with Crippen LogP contribution in [0.15, 0.2) is 88.8 Å². The van der Waals surface area contributed by atoms with Gasteiger partial charge in [0.05, 0.1) is 23.7 Å². The predicted molar refractivity (Wildman–Crippen MR) is 134 cm³/mol. The van der Waals surface area contributed by atoms with Crippen LogP contribution in [0.4, 0.5) is 0 Å². The minimum absolute atomic E-state index is 0.136. The van der Waals surface area contributed by atoms with Crippen molar-refractivity contribution in [2.75, 3.05) is 7.05 Å². The Labute approximate surface area is 205 Å². The van der Waals surface area contributed by atoms with Gasteiger partial charge in [0.1, 0.15) is 5.01 Å². The molecule has 0 unspecified atom stereocenters. The lowest BCUT2D eigenvalue weighted by Gasteiger charge is -2.09. The molecule has 0 saturated heterocycles. The number of amides is 2. The molecule has 168 valence electrons. The zero-order chi connectivity index (χ0) is 23.9. The van der Waals surface area contributed by atoms with Gasteiger partial charge in [0.15, 0.2) is 0 Å². The summed E-state index contributed by atoms with van der Waals surface area (Å²) >= 11 is 2.95. The Kier molecular flexibility index (Phi) is 7.38. The first-order chi connectivity index (χ1) is 16.6. The Hall–Kier alpha value is -3.93. The summed E-state index contributed by atoms with van der Waals surface area (Å²) in [5.41, 5.74) is 2.63. The first-order valence-electron chi connectivity index (χ1n) is 10.4. The number of thiazole rings is 1. The first-order valence-corrected chi connectivity index (χ1v) is 12.0. The van der Waals surface area contributed by atoms with Crippen LogP contribution in [-0.2, 0) is 6.54 Å². The summed E-state index contributed by atoms with van der Waals surface area (Å²) in [6.45, 7) is 0.366. The molecule has 8 heteroatoms. The fourth-order valence-corrected chi connectivity index (χ4v) is 4.98. The lowest BCUT2D eigenvalue weighted by Crippen LogP contribution is -2.22. The molecule has 1 aromatic heterocycles. The summed E-state index contributed by atoms with van der Waals surface area (Å²) in [6, 6.07) is 24.1. The van der Waals surface area contributed by atoms with Crippen LogP contribution in [0.25, 0.3) is 10.6 Å². The minimum Gasteiger partial charge on any atom is -0.355 e. The summed E-state index contributed by atoms with van der Waals surface area (Å²) in [4.78, 5) is 31.8. The van der Waals surface area contributed by atoms with Crippen molar-refractivity contribution >= 4 is 34.9 Å². The molecule has 4 rings (SSSR count). The Morgan fingerprint density at radius 3 is 2.59 bits per heavy atom. The molecule has 34 heavy (non-hydrogen) atoms. The van der Waals surface area contributed by atoms with E-state index >= 15 is 0 Å². The molecule has 0 saturated carbocycles. The molecule has 0 bridgehead atoms. The summed E-state index contributed by atoms with van der Waals surface area (Å²) in [6.07, 6.45) is 1.74. The quantitative estimate of drug-likeness (QED) is 0.380. The van der Waals surface area contributed by atoms with Crippen LogP contribution in [0.2, 0.25) is 0 Å². The highest BCUT2D eigenvalue weighted by Crippen LogP contribution is 2.31. The van der Waals surface area contributed by atoms with Gasteiger partial charge in [-0.05, 0) is 48.5 Å². The van der Waals surface area contributed by atoms with Crippen molar-refractivity contribution in [3.63, 3.8) is 0 Å². The number of benzene rings is 3. The second kappa shape index (κ2) is 10.8. The third-order valence-corrected chi connectivity index (χ3v) is 7.05. The Morgan fingerprint density at radius 1 is 1.03 bits per heavy atom. The van der Waals surface area contributed by atoms with Gasteiger partial charge in [-0.2, -0.15) is 5.26 Å². The summed E-state index contributed by atoms with van der Waals surface area (Å²) < 4.78 is 0. The van der Waals surface area contributed by atoms with Crippen LogP contribution >= 0.6 is 23.1 Å². The van der Waals surface area contributed by atoms with Gasteiger partial charge in [-0.25, -0.2) is 4.98 Å². The van der Waals surface area contributed by atoms with Crippen molar-refractivity contribution in [2.45, 2.75) is 16.3 Å². The van der Waals surface area contributed by atoms with Crippen molar-refractivity contribution < 1.29 is 9.59 Å². The largest absolute Gasteiger partial charge is 0.355 e. The molecule has 2 N–H and O–H groups in total. The smallest absolute Gasteiger partial charge is 0.252 e. The van der Waals surface area contributed by atoms with Gasteiger partial charge >= 0.3 is 0 Å². The van der Waals surface area contributed by atoms with E-state index in [9.17, 15) is 9.59 Å². The summed E-state index contributed by atoms with van der Waals surface area (Å²) in [5.74, 6) is -0.313. The lowest BCUT2D eigenvalue weighted by molar-refractivity contribution is 0.0946. The van der Waals surface area contributed by atoms with E-state index in [2.05, 4.69) is 21.7 Å². The van der Waals surface area contributed by atoms with E-state index in [1.54, 1.807) is 43.6 Å². The Bertz CT molecular complexity index is 1370. The van der Waals surface area contributed by atoms with Gasteiger partial charge in [0.25, 0.3) is 11.8 Å². The molecular formula is C26H20N4O2S2. The third-order valence-electron chi connectivity index (χ3n) is 4.92. The van der Waals surface area contributed by atoms with Crippen LogP contribution in [-0.4, -0.2) is 23.8 Å². The molecule has 0 aliphatic rings. The molecule has 0 atom stereocenters. The van der Waals surface area contributed by atoms with Gasteiger partial charge in [-0.15, -0.1) is 11.3 Å². The maximum absolute atomic E-state index is 12.6. The van der Waals surface area contributed by atoms with Gasteiger partial charge in [0, 0.05) is 39.0 Å². The van der Waals surface area contributed by atoms with E-state index in [-0.39, 0.29) is 11.8 Å². The molecule has 0 aliphatic carbocycles. The second-order valence-electron chi connectivity index (χ2n) is 7.21. The van der Waals surface area contributed by atoms with E-state index < -0.39 is 0 Å². The highest BCUT2D eigenvalue weighted by Gasteiger charge is 2.12. The van der Waals surface area contributed by atoms with E-state index in [0.29, 0.717) is 23.2 Å². The highest BCUT2D eigenvalue weighted by molar-refractivity contribution is 7.99. The average molecular weight is 485 g/mol. The van der Waals surface area contributed by atoms with Crippen molar-refractivity contribution in [1.29, 1.82) is 5.26 Å². The number of carbonyl (C=O) groups excluding carboxylic acids is 2. The van der Waals surface area contributed by atoms with Crippen molar-refractivity contribution in [2.24, 2.45) is 0 Å². The number of nitrogens with one attached hydrogen (secondary N) is 2. The number of hydrogen-bond donors (Lipinski definition) is 2. The molecule has 3 aromatic carbocycles. The van der Waals surface area contributed by atoms with E-state index in [4.69, 9.17) is 5.26 Å². The van der Waals surface area contributed by atoms with Crippen molar-refractivity contribution in [1.82, 2.24) is 15.6 Å². The van der Waals surface area contributed by atoms with Crippen LogP contribution in [0.1, 0.15) is 31.2 Å². The number of nitriles is 1. The standard InChI is InChI=1S/C26H20N4O2S2/c1-28-25(32)22-7-2-3-8-23(22)33-20-11-9-18(10-12-20)24(31)29-15-21-16-30-26(34-21)19-6-4-5-17(13-19)14-27/h2-13,16H,15H2,1H3,(H,28,32)(H,29,31). The van der Waals surface area contributed by atoms with E-state index in [1.165, 1.54) is 23.1 Å². The maximum atomic E-state index is 12.6. The van der Waals surface area contributed by atoms with E-state index in [1.807, 2.05) is 42.5 Å². The van der Waals surface area contributed by atoms with E-state index in [0.717, 1.165) is 25.2 Å².